The quantitative estimate of drug-likeness (QED) is 0.544. The van der Waals surface area contributed by atoms with Crippen molar-refractivity contribution in [1.82, 2.24) is 10.6 Å². The average Bonchev–Trinajstić information content (AvgIpc) is 2.63. The van der Waals surface area contributed by atoms with Gasteiger partial charge in [-0.1, -0.05) is 34.1 Å². The summed E-state index contributed by atoms with van der Waals surface area (Å²) in [4.78, 5) is 35.0. The molecular weight excluding hydrogens is 431 g/mol. The number of amides is 4. The summed E-state index contributed by atoms with van der Waals surface area (Å²) in [5.74, 6) is -1.38. The topological polar surface area (TPSA) is 84.5 Å². The van der Waals surface area contributed by atoms with Crippen LogP contribution in [0.4, 0.5) is 9.18 Å². The van der Waals surface area contributed by atoms with Crippen LogP contribution in [0.1, 0.15) is 23.6 Å². The van der Waals surface area contributed by atoms with Crippen molar-refractivity contribution in [3.05, 3.63) is 69.0 Å². The van der Waals surface area contributed by atoms with Gasteiger partial charge in [-0.3, -0.25) is 20.2 Å². The molecular formula is C20H16BrFN2O4. The van der Waals surface area contributed by atoms with Gasteiger partial charge in [0.2, 0.25) is 0 Å². The number of hydrogen-bond acceptors (Lipinski definition) is 4. The number of carbonyl (C=O) groups is 3. The predicted octanol–water partition coefficient (Wildman–Crippen LogP) is 3.33. The summed E-state index contributed by atoms with van der Waals surface area (Å²) >= 11 is 3.47. The average molecular weight is 447 g/mol. The van der Waals surface area contributed by atoms with Crippen LogP contribution in [0, 0.1) is 5.82 Å². The molecule has 0 unspecified atom stereocenters. The number of rotatable bonds is 5. The van der Waals surface area contributed by atoms with Crippen LogP contribution < -0.4 is 15.4 Å². The first-order valence-corrected chi connectivity index (χ1v) is 9.25. The van der Waals surface area contributed by atoms with Gasteiger partial charge in [0, 0.05) is 16.5 Å². The van der Waals surface area contributed by atoms with Crippen molar-refractivity contribution in [1.29, 1.82) is 0 Å². The molecule has 144 valence electrons. The Morgan fingerprint density at radius 3 is 2.43 bits per heavy atom. The smallest absolute Gasteiger partial charge is 0.328 e. The van der Waals surface area contributed by atoms with Crippen molar-refractivity contribution >= 4 is 39.9 Å². The highest BCUT2D eigenvalue weighted by Gasteiger charge is 2.27. The zero-order chi connectivity index (χ0) is 20.3. The van der Waals surface area contributed by atoms with E-state index < -0.39 is 17.8 Å². The van der Waals surface area contributed by atoms with Crippen molar-refractivity contribution in [2.45, 2.75) is 13.3 Å². The Labute approximate surface area is 168 Å². The van der Waals surface area contributed by atoms with Crippen molar-refractivity contribution < 1.29 is 23.5 Å². The van der Waals surface area contributed by atoms with E-state index in [1.807, 2.05) is 17.6 Å². The maximum absolute atomic E-state index is 14.0. The molecule has 0 atom stereocenters. The van der Waals surface area contributed by atoms with Crippen molar-refractivity contribution in [3.63, 3.8) is 0 Å². The second-order valence-electron chi connectivity index (χ2n) is 5.98. The molecule has 0 radical (unpaired) electrons. The van der Waals surface area contributed by atoms with Gasteiger partial charge in [0.05, 0.1) is 6.61 Å². The van der Waals surface area contributed by atoms with Crippen LogP contribution in [0.15, 0.2) is 46.4 Å². The van der Waals surface area contributed by atoms with E-state index in [1.54, 1.807) is 30.3 Å². The number of barbiturate groups is 1. The predicted molar refractivity (Wildman–Crippen MR) is 104 cm³/mol. The summed E-state index contributed by atoms with van der Waals surface area (Å²) in [6.07, 6.45) is 1.66. The molecule has 2 aromatic rings. The van der Waals surface area contributed by atoms with E-state index in [-0.39, 0.29) is 11.4 Å². The molecule has 4 amide bonds. The number of nitrogens with one attached hydrogen (secondary N) is 2. The third kappa shape index (κ3) is 4.28. The van der Waals surface area contributed by atoms with E-state index in [0.29, 0.717) is 34.4 Å². The highest BCUT2D eigenvalue weighted by Crippen LogP contribution is 2.33. The standard InChI is InChI=1S/C20H16BrFN2O4/c1-2-28-17-9-11(7-14-18(25)23-20(27)24-19(14)26)8-15(21)13(17)10-12-5-3-4-6-16(12)22/h3-9H,2,10H2,1H3,(H2,23,24,25,26,27). The fourth-order valence-corrected chi connectivity index (χ4v) is 3.38. The molecule has 1 saturated heterocycles. The third-order valence-corrected chi connectivity index (χ3v) is 4.76. The molecule has 8 heteroatoms. The second-order valence-corrected chi connectivity index (χ2v) is 6.83. The van der Waals surface area contributed by atoms with Crippen molar-refractivity contribution in [3.8, 4) is 5.75 Å². The lowest BCUT2D eigenvalue weighted by Gasteiger charge is -2.16. The summed E-state index contributed by atoms with van der Waals surface area (Å²) in [5, 5.41) is 4.04. The van der Waals surface area contributed by atoms with E-state index in [0.717, 1.165) is 5.56 Å². The lowest BCUT2D eigenvalue weighted by molar-refractivity contribution is -0.123. The van der Waals surface area contributed by atoms with E-state index >= 15 is 0 Å². The lowest BCUT2D eigenvalue weighted by atomic mass is 10.0. The minimum atomic E-state index is -0.858. The van der Waals surface area contributed by atoms with Crippen LogP contribution in [0.25, 0.3) is 6.08 Å². The largest absolute Gasteiger partial charge is 0.494 e. The van der Waals surface area contributed by atoms with Gasteiger partial charge < -0.3 is 4.74 Å². The van der Waals surface area contributed by atoms with Gasteiger partial charge >= 0.3 is 6.03 Å². The molecule has 1 aliphatic rings. The fourth-order valence-electron chi connectivity index (χ4n) is 2.78. The van der Waals surface area contributed by atoms with Crippen molar-refractivity contribution in [2.24, 2.45) is 0 Å². The van der Waals surface area contributed by atoms with Crippen molar-refractivity contribution in [2.75, 3.05) is 6.61 Å². The van der Waals surface area contributed by atoms with Crippen LogP contribution in [0.5, 0.6) is 5.75 Å². The van der Waals surface area contributed by atoms with Gasteiger partial charge in [-0.25, -0.2) is 9.18 Å². The number of imide groups is 2. The molecule has 0 bridgehead atoms. The number of urea groups is 1. The zero-order valence-electron chi connectivity index (χ0n) is 14.8. The molecule has 1 fully saturated rings. The maximum atomic E-state index is 14.0. The van der Waals surface area contributed by atoms with E-state index in [9.17, 15) is 18.8 Å². The summed E-state index contributed by atoms with van der Waals surface area (Å²) in [6, 6.07) is 8.97. The highest BCUT2D eigenvalue weighted by molar-refractivity contribution is 9.10. The Kier molecular flexibility index (Phi) is 5.89. The van der Waals surface area contributed by atoms with Crippen LogP contribution in [0.2, 0.25) is 0 Å². The van der Waals surface area contributed by atoms with E-state index in [1.165, 1.54) is 12.1 Å². The summed E-state index contributed by atoms with van der Waals surface area (Å²) in [6.45, 7) is 2.20. The van der Waals surface area contributed by atoms with Crippen LogP contribution in [0.3, 0.4) is 0 Å². The first kappa shape index (κ1) is 19.8. The van der Waals surface area contributed by atoms with Crippen LogP contribution in [-0.4, -0.2) is 24.5 Å². The molecule has 3 rings (SSSR count). The number of ether oxygens (including phenoxy) is 1. The first-order valence-electron chi connectivity index (χ1n) is 8.46. The Hall–Kier alpha value is -3.00. The molecule has 0 aliphatic carbocycles. The number of carbonyl (C=O) groups excluding carboxylic acids is 3. The van der Waals surface area contributed by atoms with Gasteiger partial charge in [-0.15, -0.1) is 0 Å². The van der Waals surface area contributed by atoms with E-state index in [2.05, 4.69) is 15.9 Å². The van der Waals surface area contributed by atoms with Gasteiger partial charge in [0.15, 0.2) is 0 Å². The molecule has 0 aromatic heterocycles. The molecule has 0 saturated carbocycles. The van der Waals surface area contributed by atoms with E-state index in [4.69, 9.17) is 4.74 Å². The zero-order valence-corrected chi connectivity index (χ0v) is 16.4. The Bertz CT molecular complexity index is 982. The highest BCUT2D eigenvalue weighted by atomic mass is 79.9. The van der Waals surface area contributed by atoms with Gasteiger partial charge in [0.1, 0.15) is 17.1 Å². The maximum Gasteiger partial charge on any atom is 0.328 e. The first-order chi connectivity index (χ1) is 13.4. The normalized spacial score (nSPS) is 13.8. The number of hydrogen-bond donors (Lipinski definition) is 2. The molecule has 6 nitrogen and oxygen atoms in total. The summed E-state index contributed by atoms with van der Waals surface area (Å²) in [7, 11) is 0. The molecule has 1 heterocycles. The van der Waals surface area contributed by atoms with Gasteiger partial charge in [0.25, 0.3) is 11.8 Å². The Balaban J connectivity index is 2.00. The SMILES string of the molecule is CCOc1cc(C=C2C(=O)NC(=O)NC2=O)cc(Br)c1Cc1ccccc1F. The number of benzene rings is 2. The molecule has 2 aromatic carbocycles. The Morgan fingerprint density at radius 1 is 1.11 bits per heavy atom. The molecule has 28 heavy (non-hydrogen) atoms. The fraction of sp³-hybridized carbons (Fsp3) is 0.150. The van der Waals surface area contributed by atoms with Gasteiger partial charge in [-0.05, 0) is 42.3 Å². The molecule has 2 N–H and O–H groups in total. The number of halogens is 2. The molecule has 0 spiro atoms. The van der Waals surface area contributed by atoms with Gasteiger partial charge in [-0.2, -0.15) is 0 Å². The second kappa shape index (κ2) is 8.35. The summed E-state index contributed by atoms with van der Waals surface area (Å²) in [5.41, 5.74) is 1.57. The van der Waals surface area contributed by atoms with Crippen LogP contribution >= 0.6 is 15.9 Å². The lowest BCUT2D eigenvalue weighted by Crippen LogP contribution is -2.51. The Morgan fingerprint density at radius 2 is 1.79 bits per heavy atom. The minimum Gasteiger partial charge on any atom is -0.494 e. The van der Waals surface area contributed by atoms with Crippen LogP contribution in [-0.2, 0) is 16.0 Å². The molecule has 1 aliphatic heterocycles. The summed E-state index contributed by atoms with van der Waals surface area (Å²) < 4.78 is 20.4. The third-order valence-electron chi connectivity index (χ3n) is 4.06. The minimum absolute atomic E-state index is 0.198. The monoisotopic (exact) mass is 446 g/mol.